The Bertz CT molecular complexity index is 203. The number of hydrogen-bond donors (Lipinski definition) is 0. The maximum Gasteiger partial charge on any atom is 0.314 e. The average Bonchev–Trinajstić information content (AvgIpc) is 1.96. The van der Waals surface area contributed by atoms with E-state index in [-0.39, 0.29) is 0 Å². The molecule has 2 nitrogen and oxygen atoms in total. The van der Waals surface area contributed by atoms with Crippen molar-refractivity contribution in [2.45, 2.75) is 78.1 Å². The van der Waals surface area contributed by atoms with E-state index in [0.29, 0.717) is 0 Å². The minimum absolute atomic E-state index is 1.16. The van der Waals surface area contributed by atoms with Gasteiger partial charge in [-0.05, 0) is 51.9 Å². The van der Waals surface area contributed by atoms with Gasteiger partial charge in [0.1, 0.15) is 0 Å². The Hall–Kier alpha value is 0.571. The highest BCUT2D eigenvalue weighted by atomic mass is 28.5. The van der Waals surface area contributed by atoms with Crippen LogP contribution in [0, 0.1) is 0 Å². The summed E-state index contributed by atoms with van der Waals surface area (Å²) >= 11 is 0. The number of rotatable bonds is 8. The lowest BCUT2D eigenvalue weighted by Gasteiger charge is -2.38. The van der Waals surface area contributed by atoms with Crippen molar-refractivity contribution in [3.63, 3.8) is 0 Å². The third-order valence-electron chi connectivity index (χ3n) is 2.28. The molecule has 0 saturated carbocycles. The largest absolute Gasteiger partial charge is 0.437 e. The van der Waals surface area contributed by atoms with Crippen LogP contribution in [0.2, 0.25) is 51.9 Å². The molecule has 0 aliphatic rings. The van der Waals surface area contributed by atoms with Gasteiger partial charge in [0.25, 0.3) is 0 Å². The van der Waals surface area contributed by atoms with Crippen LogP contribution >= 0.6 is 0 Å². The molecule has 0 rings (SSSR count). The molecule has 0 fully saturated rings. The molecule has 0 atom stereocenters. The van der Waals surface area contributed by atoms with E-state index in [1.54, 1.807) is 0 Å². The molecule has 0 saturated heterocycles. The van der Waals surface area contributed by atoms with E-state index < -0.39 is 25.2 Å². The van der Waals surface area contributed by atoms with E-state index in [2.05, 4.69) is 52.8 Å². The van der Waals surface area contributed by atoms with Gasteiger partial charge in [-0.2, -0.15) is 0 Å². The van der Waals surface area contributed by atoms with Crippen LogP contribution in [0.4, 0.5) is 0 Å². The van der Waals surface area contributed by atoms with Crippen LogP contribution in [0.5, 0.6) is 0 Å². The highest BCUT2D eigenvalue weighted by Crippen LogP contribution is 2.26. The topological polar surface area (TPSA) is 18.5 Å². The molecule has 17 heavy (non-hydrogen) atoms. The maximum atomic E-state index is 6.44. The highest BCUT2D eigenvalue weighted by Gasteiger charge is 2.39. The molecule has 0 aromatic carbocycles. The van der Waals surface area contributed by atoms with Crippen molar-refractivity contribution < 1.29 is 8.23 Å². The van der Waals surface area contributed by atoms with Crippen molar-refractivity contribution in [1.29, 1.82) is 0 Å². The van der Waals surface area contributed by atoms with Gasteiger partial charge >= 0.3 is 8.56 Å². The second kappa shape index (κ2) is 6.65. The van der Waals surface area contributed by atoms with Gasteiger partial charge in [0.05, 0.1) is 0 Å². The zero-order valence-corrected chi connectivity index (χ0v) is 16.1. The Morgan fingerprint density at radius 2 is 1.12 bits per heavy atom. The maximum absolute atomic E-state index is 6.44. The van der Waals surface area contributed by atoms with Gasteiger partial charge in [0.2, 0.25) is 0 Å². The summed E-state index contributed by atoms with van der Waals surface area (Å²) in [6, 6.07) is 1.16. The van der Waals surface area contributed by atoms with Gasteiger partial charge < -0.3 is 8.23 Å². The van der Waals surface area contributed by atoms with Crippen molar-refractivity contribution in [2.24, 2.45) is 0 Å². The first-order valence-corrected chi connectivity index (χ1v) is 16.2. The van der Waals surface area contributed by atoms with Crippen molar-refractivity contribution in [3.05, 3.63) is 0 Å². The Morgan fingerprint density at radius 3 is 1.41 bits per heavy atom. The SMILES string of the molecule is CCCCC[Si](C)(O[Si](C)(C)C)O[Si](C)(C)C. The molecule has 0 aliphatic carbocycles. The molecule has 0 aromatic heterocycles. The standard InChI is InChI=1S/C12H32O2Si3/c1-9-10-11-12-17(8,13-15(2,3)4)14-16(5,6)7/h9-12H2,1-8H3. The van der Waals surface area contributed by atoms with Crippen LogP contribution in [0.3, 0.4) is 0 Å². The van der Waals surface area contributed by atoms with Crippen LogP contribution in [0.1, 0.15) is 26.2 Å². The lowest BCUT2D eigenvalue weighted by Crippen LogP contribution is -2.52. The first-order valence-electron chi connectivity index (χ1n) is 6.88. The summed E-state index contributed by atoms with van der Waals surface area (Å²) in [5.74, 6) is 0. The van der Waals surface area contributed by atoms with E-state index in [9.17, 15) is 0 Å². The van der Waals surface area contributed by atoms with E-state index >= 15 is 0 Å². The van der Waals surface area contributed by atoms with Crippen LogP contribution in [-0.2, 0) is 8.23 Å². The van der Waals surface area contributed by atoms with Gasteiger partial charge in [-0.3, -0.25) is 0 Å². The lowest BCUT2D eigenvalue weighted by molar-refractivity contribution is 0.380. The molecule has 0 heterocycles. The monoisotopic (exact) mass is 292 g/mol. The molecule has 104 valence electrons. The predicted molar refractivity (Wildman–Crippen MR) is 84.8 cm³/mol. The first-order chi connectivity index (χ1) is 7.47. The fourth-order valence-corrected chi connectivity index (χ4v) is 14.7. The van der Waals surface area contributed by atoms with Gasteiger partial charge in [-0.15, -0.1) is 0 Å². The van der Waals surface area contributed by atoms with Crippen molar-refractivity contribution in [2.75, 3.05) is 0 Å². The molecule has 0 aromatic rings. The summed E-state index contributed by atoms with van der Waals surface area (Å²) in [4.78, 5) is 0. The molecule has 0 aliphatic heterocycles. The van der Waals surface area contributed by atoms with Crippen molar-refractivity contribution >= 4 is 25.2 Å². The van der Waals surface area contributed by atoms with E-state index in [1.165, 1.54) is 19.3 Å². The highest BCUT2D eigenvalue weighted by molar-refractivity contribution is 6.87. The van der Waals surface area contributed by atoms with E-state index in [1.807, 2.05) is 0 Å². The van der Waals surface area contributed by atoms with Crippen LogP contribution < -0.4 is 0 Å². The molecule has 0 spiro atoms. The summed E-state index contributed by atoms with van der Waals surface area (Å²) in [7, 11) is -4.92. The molecule has 0 N–H and O–H groups in total. The zero-order chi connectivity index (χ0) is 13.7. The second-order valence-corrected chi connectivity index (χ2v) is 19.9. The molecular formula is C12H32O2Si3. The Morgan fingerprint density at radius 1 is 0.706 bits per heavy atom. The quantitative estimate of drug-likeness (QED) is 0.465. The molecule has 0 amide bonds. The molecule has 0 radical (unpaired) electrons. The second-order valence-electron chi connectivity index (χ2n) is 7.02. The average molecular weight is 293 g/mol. The van der Waals surface area contributed by atoms with Gasteiger partial charge in [-0.25, -0.2) is 0 Å². The van der Waals surface area contributed by atoms with E-state index in [0.717, 1.165) is 6.04 Å². The third-order valence-corrected chi connectivity index (χ3v) is 11.9. The van der Waals surface area contributed by atoms with Crippen LogP contribution in [0.15, 0.2) is 0 Å². The summed E-state index contributed by atoms with van der Waals surface area (Å²) < 4.78 is 12.9. The Labute approximate surface area is 112 Å². The fourth-order valence-electron chi connectivity index (χ4n) is 2.11. The molecule has 0 unspecified atom stereocenters. The summed E-state index contributed by atoms with van der Waals surface area (Å²) in [5, 5.41) is 0. The summed E-state index contributed by atoms with van der Waals surface area (Å²) in [5.41, 5.74) is 0. The number of unbranched alkanes of at least 4 members (excludes halogenated alkanes) is 2. The number of hydrogen-bond acceptors (Lipinski definition) is 2. The minimum atomic E-state index is -1.93. The third kappa shape index (κ3) is 10.2. The van der Waals surface area contributed by atoms with Gasteiger partial charge in [-0.1, -0.05) is 26.2 Å². The predicted octanol–water partition coefficient (Wildman–Crippen LogP) is 4.95. The zero-order valence-electron chi connectivity index (χ0n) is 13.1. The smallest absolute Gasteiger partial charge is 0.314 e. The molecular weight excluding hydrogens is 260 g/mol. The lowest BCUT2D eigenvalue weighted by atomic mass is 10.3. The first kappa shape index (κ1) is 17.6. The van der Waals surface area contributed by atoms with E-state index in [4.69, 9.17) is 8.23 Å². The molecule has 0 bridgehead atoms. The fraction of sp³-hybridized carbons (Fsp3) is 1.00. The molecule has 5 heteroatoms. The van der Waals surface area contributed by atoms with Crippen LogP contribution in [-0.4, -0.2) is 25.2 Å². The Kier molecular flexibility index (Phi) is 6.88. The Balaban J connectivity index is 4.57. The minimum Gasteiger partial charge on any atom is -0.437 e. The summed E-state index contributed by atoms with van der Waals surface area (Å²) in [6.45, 7) is 18.1. The summed E-state index contributed by atoms with van der Waals surface area (Å²) in [6.07, 6.45) is 3.82. The van der Waals surface area contributed by atoms with Gasteiger partial charge in [0, 0.05) is 0 Å². The van der Waals surface area contributed by atoms with Gasteiger partial charge in [0.15, 0.2) is 16.6 Å². The van der Waals surface area contributed by atoms with Crippen LogP contribution in [0.25, 0.3) is 0 Å². The normalized spacial score (nSPS) is 14.1. The van der Waals surface area contributed by atoms with Crippen molar-refractivity contribution in [1.82, 2.24) is 0 Å². The van der Waals surface area contributed by atoms with Crippen molar-refractivity contribution in [3.8, 4) is 0 Å².